The van der Waals surface area contributed by atoms with Crippen molar-refractivity contribution in [2.75, 3.05) is 31.1 Å². The Morgan fingerprint density at radius 3 is 2.73 bits per heavy atom. The Morgan fingerprint density at radius 1 is 1.15 bits per heavy atom. The molecule has 0 atom stereocenters. The SMILES string of the molecule is CC1CCN(C(=O)CN2C(=O)COc3ccc(-c4csc(Cc5ccccc5)n4)cc32)CC1. The predicted molar refractivity (Wildman–Crippen MR) is 130 cm³/mol. The van der Waals surface area contributed by atoms with Crippen LogP contribution in [0.5, 0.6) is 5.75 Å². The smallest absolute Gasteiger partial charge is 0.265 e. The van der Waals surface area contributed by atoms with Gasteiger partial charge < -0.3 is 9.64 Å². The fraction of sp³-hybridized carbons (Fsp3) is 0.346. The summed E-state index contributed by atoms with van der Waals surface area (Å²) >= 11 is 1.62. The molecule has 1 fully saturated rings. The third-order valence-electron chi connectivity index (χ3n) is 6.38. The number of hydrogen-bond donors (Lipinski definition) is 0. The summed E-state index contributed by atoms with van der Waals surface area (Å²) in [7, 11) is 0. The highest BCUT2D eigenvalue weighted by Crippen LogP contribution is 2.36. The molecule has 0 aliphatic carbocycles. The number of carbonyl (C=O) groups excluding carboxylic acids is 2. The van der Waals surface area contributed by atoms with Gasteiger partial charge in [0.15, 0.2) is 6.61 Å². The van der Waals surface area contributed by atoms with E-state index < -0.39 is 0 Å². The second-order valence-corrected chi connectivity index (χ2v) is 9.75. The molecule has 0 N–H and O–H groups in total. The van der Waals surface area contributed by atoms with E-state index in [-0.39, 0.29) is 25.0 Å². The Bertz CT molecular complexity index is 1150. The summed E-state index contributed by atoms with van der Waals surface area (Å²) in [4.78, 5) is 33.9. The highest BCUT2D eigenvalue weighted by atomic mass is 32.1. The van der Waals surface area contributed by atoms with Gasteiger partial charge in [0.25, 0.3) is 5.91 Å². The Hall–Kier alpha value is -3.19. The normalized spacial score (nSPS) is 16.5. The van der Waals surface area contributed by atoms with E-state index in [9.17, 15) is 9.59 Å². The number of amides is 2. The van der Waals surface area contributed by atoms with Crippen molar-refractivity contribution in [2.24, 2.45) is 5.92 Å². The van der Waals surface area contributed by atoms with E-state index in [1.807, 2.05) is 46.7 Å². The third kappa shape index (κ3) is 4.78. The first kappa shape index (κ1) is 21.6. The largest absolute Gasteiger partial charge is 0.482 e. The minimum Gasteiger partial charge on any atom is -0.482 e. The van der Waals surface area contributed by atoms with Gasteiger partial charge in [0.1, 0.15) is 12.3 Å². The first-order valence-electron chi connectivity index (χ1n) is 11.4. The summed E-state index contributed by atoms with van der Waals surface area (Å²) in [5, 5.41) is 3.07. The maximum absolute atomic E-state index is 12.9. The van der Waals surface area contributed by atoms with Gasteiger partial charge in [-0.3, -0.25) is 14.5 Å². The molecule has 2 amide bonds. The second-order valence-electron chi connectivity index (χ2n) is 8.80. The number of aromatic nitrogens is 1. The molecule has 2 aromatic carbocycles. The average Bonchev–Trinajstić information content (AvgIpc) is 3.30. The van der Waals surface area contributed by atoms with Crippen molar-refractivity contribution in [3.63, 3.8) is 0 Å². The second kappa shape index (κ2) is 9.35. The van der Waals surface area contributed by atoms with E-state index >= 15 is 0 Å². The Morgan fingerprint density at radius 2 is 1.94 bits per heavy atom. The highest BCUT2D eigenvalue weighted by molar-refractivity contribution is 7.10. The van der Waals surface area contributed by atoms with Gasteiger partial charge in [-0.2, -0.15) is 0 Å². The first-order chi connectivity index (χ1) is 16.1. The van der Waals surface area contributed by atoms with E-state index in [1.165, 1.54) is 5.56 Å². The van der Waals surface area contributed by atoms with Gasteiger partial charge in [0.2, 0.25) is 5.91 Å². The topological polar surface area (TPSA) is 62.7 Å². The standard InChI is InChI=1S/C26H27N3O3S/c1-18-9-11-28(12-10-18)25(30)15-29-22-14-20(7-8-23(22)32-16-26(29)31)21-17-33-24(27-21)13-19-5-3-2-4-6-19/h2-8,14,17-18H,9-13,15-16H2,1H3. The number of ether oxygens (including phenoxy) is 1. The van der Waals surface area contributed by atoms with Gasteiger partial charge >= 0.3 is 0 Å². The van der Waals surface area contributed by atoms with Crippen molar-refractivity contribution in [2.45, 2.75) is 26.2 Å². The average molecular weight is 462 g/mol. The Labute approximate surface area is 197 Å². The van der Waals surface area contributed by atoms with Crippen LogP contribution in [0.25, 0.3) is 11.3 Å². The molecule has 170 valence electrons. The molecule has 2 aliphatic heterocycles. The number of anilines is 1. The number of thiazole rings is 1. The minimum absolute atomic E-state index is 0.00712. The van der Waals surface area contributed by atoms with Crippen molar-refractivity contribution in [3.8, 4) is 17.0 Å². The molecule has 1 saturated heterocycles. The van der Waals surface area contributed by atoms with Crippen LogP contribution in [0.15, 0.2) is 53.9 Å². The first-order valence-corrected chi connectivity index (χ1v) is 12.3. The lowest BCUT2D eigenvalue weighted by atomic mass is 9.99. The minimum atomic E-state index is -0.193. The number of hydrogen-bond acceptors (Lipinski definition) is 5. The Kier molecular flexibility index (Phi) is 6.13. The molecule has 5 rings (SSSR count). The van der Waals surface area contributed by atoms with Crippen LogP contribution in [0.1, 0.15) is 30.3 Å². The number of carbonyl (C=O) groups is 2. The van der Waals surface area contributed by atoms with E-state index in [0.717, 1.165) is 48.6 Å². The maximum Gasteiger partial charge on any atom is 0.265 e. The molecule has 0 unspecified atom stereocenters. The fourth-order valence-electron chi connectivity index (χ4n) is 4.32. The molecule has 1 aromatic heterocycles. The molecule has 0 radical (unpaired) electrons. The van der Waals surface area contributed by atoms with Crippen LogP contribution in [-0.4, -0.2) is 47.9 Å². The zero-order valence-electron chi connectivity index (χ0n) is 18.7. The quantitative estimate of drug-likeness (QED) is 0.566. The Balaban J connectivity index is 1.36. The van der Waals surface area contributed by atoms with Gasteiger partial charge in [-0.05, 0) is 42.5 Å². The van der Waals surface area contributed by atoms with E-state index in [1.54, 1.807) is 16.2 Å². The van der Waals surface area contributed by atoms with Crippen LogP contribution in [0, 0.1) is 5.92 Å². The number of rotatable bonds is 5. The maximum atomic E-state index is 12.9. The van der Waals surface area contributed by atoms with Crippen molar-refractivity contribution in [3.05, 3.63) is 64.5 Å². The molecule has 3 aromatic rings. The number of nitrogens with zero attached hydrogens (tertiary/aromatic N) is 3. The molecule has 2 aliphatic rings. The lowest BCUT2D eigenvalue weighted by Gasteiger charge is -2.34. The molecule has 3 heterocycles. The van der Waals surface area contributed by atoms with Gasteiger partial charge in [0, 0.05) is 30.5 Å². The van der Waals surface area contributed by atoms with Crippen LogP contribution in [0.4, 0.5) is 5.69 Å². The van der Waals surface area contributed by atoms with Gasteiger partial charge in [-0.1, -0.05) is 37.3 Å². The molecule has 0 bridgehead atoms. The van der Waals surface area contributed by atoms with Gasteiger partial charge in [-0.25, -0.2) is 4.98 Å². The van der Waals surface area contributed by atoms with Crippen LogP contribution in [0.2, 0.25) is 0 Å². The summed E-state index contributed by atoms with van der Waals surface area (Å²) in [5.74, 6) is 1.07. The summed E-state index contributed by atoms with van der Waals surface area (Å²) in [6.45, 7) is 3.73. The molecule has 33 heavy (non-hydrogen) atoms. The summed E-state index contributed by atoms with van der Waals surface area (Å²) in [6, 6.07) is 16.0. The van der Waals surface area contributed by atoms with Crippen molar-refractivity contribution >= 4 is 28.8 Å². The lowest BCUT2D eigenvalue weighted by molar-refractivity contribution is -0.133. The molecule has 0 spiro atoms. The zero-order valence-corrected chi connectivity index (χ0v) is 19.5. The summed E-state index contributed by atoms with van der Waals surface area (Å²) in [6.07, 6.45) is 2.81. The molecule has 0 saturated carbocycles. The third-order valence-corrected chi connectivity index (χ3v) is 7.23. The number of likely N-dealkylation sites (tertiary alicyclic amines) is 1. The fourth-order valence-corrected chi connectivity index (χ4v) is 5.16. The van der Waals surface area contributed by atoms with Crippen molar-refractivity contribution in [1.29, 1.82) is 0 Å². The monoisotopic (exact) mass is 461 g/mol. The summed E-state index contributed by atoms with van der Waals surface area (Å²) < 4.78 is 5.65. The molecular weight excluding hydrogens is 434 g/mol. The van der Waals surface area contributed by atoms with Crippen molar-refractivity contribution in [1.82, 2.24) is 9.88 Å². The van der Waals surface area contributed by atoms with E-state index in [0.29, 0.717) is 17.4 Å². The van der Waals surface area contributed by atoms with Crippen LogP contribution in [-0.2, 0) is 16.0 Å². The molecule has 7 heteroatoms. The van der Waals surface area contributed by atoms with E-state index in [2.05, 4.69) is 19.1 Å². The molecular formula is C26H27N3O3S. The number of piperidine rings is 1. The van der Waals surface area contributed by atoms with Crippen LogP contribution < -0.4 is 9.64 Å². The molecule has 6 nitrogen and oxygen atoms in total. The van der Waals surface area contributed by atoms with Gasteiger partial charge in [0.05, 0.1) is 16.4 Å². The lowest BCUT2D eigenvalue weighted by Crippen LogP contribution is -2.48. The van der Waals surface area contributed by atoms with Crippen LogP contribution >= 0.6 is 11.3 Å². The highest BCUT2D eigenvalue weighted by Gasteiger charge is 2.30. The van der Waals surface area contributed by atoms with E-state index in [4.69, 9.17) is 9.72 Å². The summed E-state index contributed by atoms with van der Waals surface area (Å²) in [5.41, 5.74) is 3.63. The number of benzene rings is 2. The van der Waals surface area contributed by atoms with Crippen LogP contribution in [0.3, 0.4) is 0 Å². The van der Waals surface area contributed by atoms with Crippen molar-refractivity contribution < 1.29 is 14.3 Å². The predicted octanol–water partition coefficient (Wildman–Crippen LogP) is 4.38. The number of fused-ring (bicyclic) bond motifs is 1. The zero-order chi connectivity index (χ0) is 22.8. The van der Waals surface area contributed by atoms with Gasteiger partial charge in [-0.15, -0.1) is 11.3 Å².